The van der Waals surface area contributed by atoms with Gasteiger partial charge in [-0.05, 0) is 18.8 Å². The van der Waals surface area contributed by atoms with E-state index in [0.29, 0.717) is 6.42 Å². The summed E-state index contributed by atoms with van der Waals surface area (Å²) in [6.07, 6.45) is -2.16. The van der Waals surface area contributed by atoms with Gasteiger partial charge >= 0.3 is 5.97 Å². The Hall–Kier alpha value is -1.53. The first kappa shape index (κ1) is 15.5. The van der Waals surface area contributed by atoms with E-state index in [2.05, 4.69) is 15.0 Å². The summed E-state index contributed by atoms with van der Waals surface area (Å²) in [4.78, 5) is 11.5. The molecule has 1 aromatic heterocycles. The van der Waals surface area contributed by atoms with Gasteiger partial charge in [-0.25, -0.2) is 18.3 Å². The summed E-state index contributed by atoms with van der Waals surface area (Å²) >= 11 is 0. The molecule has 0 aliphatic heterocycles. The average Bonchev–Trinajstić information content (AvgIpc) is 2.69. The Bertz CT molecular complexity index is 439. The standard InChI is InChI=1S/C12H19F2N3O2/c1-5-19-11(18)8-9(10(13)14)17(16-15-8)7-6-12(2,3)4/h10H,5-7H2,1-4H3. The van der Waals surface area contributed by atoms with Gasteiger partial charge < -0.3 is 4.74 Å². The molecule has 0 fully saturated rings. The summed E-state index contributed by atoms with van der Waals surface area (Å²) in [5.74, 6) is -0.861. The Morgan fingerprint density at radius 3 is 2.53 bits per heavy atom. The van der Waals surface area contributed by atoms with Gasteiger partial charge in [-0.3, -0.25) is 0 Å². The predicted molar refractivity (Wildman–Crippen MR) is 65.0 cm³/mol. The molecule has 0 aliphatic carbocycles. The smallest absolute Gasteiger partial charge is 0.361 e. The average molecular weight is 275 g/mol. The molecular formula is C12H19F2N3O2. The van der Waals surface area contributed by atoms with E-state index >= 15 is 0 Å². The molecule has 108 valence electrons. The van der Waals surface area contributed by atoms with Crippen LogP contribution in [0.25, 0.3) is 0 Å². The Balaban J connectivity index is 2.97. The molecule has 0 amide bonds. The minimum atomic E-state index is -2.81. The summed E-state index contributed by atoms with van der Waals surface area (Å²) in [6.45, 7) is 7.99. The molecular weight excluding hydrogens is 256 g/mol. The number of aryl methyl sites for hydroxylation is 1. The van der Waals surface area contributed by atoms with Crippen LogP contribution in [0.1, 0.15) is 56.7 Å². The van der Waals surface area contributed by atoms with Crippen LogP contribution in [0.3, 0.4) is 0 Å². The van der Waals surface area contributed by atoms with Crippen LogP contribution < -0.4 is 0 Å². The van der Waals surface area contributed by atoms with E-state index in [9.17, 15) is 13.6 Å². The van der Waals surface area contributed by atoms with Gasteiger partial charge in [0.05, 0.1) is 6.61 Å². The van der Waals surface area contributed by atoms with Crippen molar-refractivity contribution in [2.24, 2.45) is 5.41 Å². The molecule has 0 atom stereocenters. The van der Waals surface area contributed by atoms with Gasteiger partial charge in [-0.1, -0.05) is 26.0 Å². The van der Waals surface area contributed by atoms with Crippen LogP contribution in [0.2, 0.25) is 0 Å². The van der Waals surface area contributed by atoms with Gasteiger partial charge in [-0.15, -0.1) is 5.10 Å². The molecule has 5 nitrogen and oxygen atoms in total. The molecule has 0 aromatic carbocycles. The first-order chi connectivity index (χ1) is 8.76. The SMILES string of the molecule is CCOC(=O)c1nnn(CCC(C)(C)C)c1C(F)F. The van der Waals surface area contributed by atoms with Crippen LogP contribution in [0, 0.1) is 5.41 Å². The van der Waals surface area contributed by atoms with Crippen LogP contribution in [-0.2, 0) is 11.3 Å². The van der Waals surface area contributed by atoms with Crippen molar-refractivity contribution in [3.05, 3.63) is 11.4 Å². The molecule has 0 bridgehead atoms. The second kappa shape index (κ2) is 6.08. The fourth-order valence-electron chi connectivity index (χ4n) is 1.49. The number of nitrogens with zero attached hydrogens (tertiary/aromatic N) is 3. The molecule has 0 radical (unpaired) electrons. The largest absolute Gasteiger partial charge is 0.461 e. The fourth-order valence-corrected chi connectivity index (χ4v) is 1.49. The van der Waals surface area contributed by atoms with Crippen LogP contribution >= 0.6 is 0 Å². The molecule has 0 saturated heterocycles. The van der Waals surface area contributed by atoms with Gasteiger partial charge in [0, 0.05) is 6.54 Å². The molecule has 0 spiro atoms. The van der Waals surface area contributed by atoms with E-state index in [4.69, 9.17) is 0 Å². The van der Waals surface area contributed by atoms with Crippen LogP contribution in [-0.4, -0.2) is 27.6 Å². The van der Waals surface area contributed by atoms with E-state index in [1.807, 2.05) is 20.8 Å². The lowest BCUT2D eigenvalue weighted by Crippen LogP contribution is -2.15. The minimum Gasteiger partial charge on any atom is -0.461 e. The number of carbonyl (C=O) groups excluding carboxylic acids is 1. The highest BCUT2D eigenvalue weighted by atomic mass is 19.3. The Morgan fingerprint density at radius 2 is 2.05 bits per heavy atom. The normalized spacial score (nSPS) is 11.9. The second-order valence-corrected chi connectivity index (χ2v) is 5.38. The quantitative estimate of drug-likeness (QED) is 0.775. The summed E-state index contributed by atoms with van der Waals surface area (Å²) in [5, 5.41) is 7.14. The zero-order valence-electron chi connectivity index (χ0n) is 11.6. The molecule has 19 heavy (non-hydrogen) atoms. The van der Waals surface area contributed by atoms with E-state index in [0.717, 1.165) is 4.68 Å². The van der Waals surface area contributed by atoms with Crippen molar-refractivity contribution in [3.8, 4) is 0 Å². The molecule has 0 N–H and O–H groups in total. The number of halogens is 2. The van der Waals surface area contributed by atoms with Crippen molar-refractivity contribution < 1.29 is 18.3 Å². The second-order valence-electron chi connectivity index (χ2n) is 5.38. The molecule has 7 heteroatoms. The highest BCUT2D eigenvalue weighted by molar-refractivity contribution is 5.88. The van der Waals surface area contributed by atoms with Gasteiger partial charge in [0.15, 0.2) is 5.69 Å². The van der Waals surface area contributed by atoms with E-state index in [-0.39, 0.29) is 18.6 Å². The first-order valence-electron chi connectivity index (χ1n) is 6.15. The van der Waals surface area contributed by atoms with Crippen LogP contribution in [0.5, 0.6) is 0 Å². The van der Waals surface area contributed by atoms with Crippen molar-refractivity contribution in [3.63, 3.8) is 0 Å². The van der Waals surface area contributed by atoms with Crippen LogP contribution in [0.15, 0.2) is 0 Å². The zero-order valence-corrected chi connectivity index (χ0v) is 11.6. The van der Waals surface area contributed by atoms with E-state index in [1.165, 1.54) is 0 Å². The maximum Gasteiger partial charge on any atom is 0.361 e. The van der Waals surface area contributed by atoms with Crippen LogP contribution in [0.4, 0.5) is 8.78 Å². The number of rotatable bonds is 5. The fraction of sp³-hybridized carbons (Fsp3) is 0.750. The third kappa shape index (κ3) is 4.25. The number of carbonyl (C=O) groups is 1. The van der Waals surface area contributed by atoms with E-state index < -0.39 is 23.8 Å². The van der Waals surface area contributed by atoms with Gasteiger partial charge in [0.25, 0.3) is 6.43 Å². The Kier molecular flexibility index (Phi) is 4.97. The van der Waals surface area contributed by atoms with Gasteiger partial charge in [-0.2, -0.15) is 0 Å². The lowest BCUT2D eigenvalue weighted by atomic mass is 9.92. The van der Waals surface area contributed by atoms with Gasteiger partial charge in [0.2, 0.25) is 0 Å². The molecule has 1 heterocycles. The molecule has 0 aliphatic rings. The maximum absolute atomic E-state index is 13.0. The predicted octanol–water partition coefficient (Wildman–Crippen LogP) is 2.83. The highest BCUT2D eigenvalue weighted by Gasteiger charge is 2.27. The number of alkyl halides is 2. The maximum atomic E-state index is 13.0. The summed E-state index contributed by atoms with van der Waals surface area (Å²) in [7, 11) is 0. The van der Waals surface area contributed by atoms with Gasteiger partial charge in [0.1, 0.15) is 5.69 Å². The van der Waals surface area contributed by atoms with E-state index in [1.54, 1.807) is 6.92 Å². The number of ether oxygens (including phenoxy) is 1. The zero-order chi connectivity index (χ0) is 14.6. The number of hydrogen-bond donors (Lipinski definition) is 0. The third-order valence-electron chi connectivity index (χ3n) is 2.52. The molecule has 0 unspecified atom stereocenters. The minimum absolute atomic E-state index is 0.0184. The number of esters is 1. The Labute approximate surface area is 110 Å². The third-order valence-corrected chi connectivity index (χ3v) is 2.52. The molecule has 1 rings (SSSR count). The monoisotopic (exact) mass is 275 g/mol. The number of aromatic nitrogens is 3. The Morgan fingerprint density at radius 1 is 1.42 bits per heavy atom. The molecule has 1 aromatic rings. The first-order valence-corrected chi connectivity index (χ1v) is 6.15. The summed E-state index contributed by atoms with van der Waals surface area (Å²) < 4.78 is 31.8. The summed E-state index contributed by atoms with van der Waals surface area (Å²) in [5.41, 5.74) is -0.886. The lowest BCUT2D eigenvalue weighted by molar-refractivity contribution is 0.0506. The number of hydrogen-bond acceptors (Lipinski definition) is 4. The van der Waals surface area contributed by atoms with Crippen molar-refractivity contribution in [2.75, 3.05) is 6.61 Å². The van der Waals surface area contributed by atoms with Crippen molar-refractivity contribution in [1.29, 1.82) is 0 Å². The topological polar surface area (TPSA) is 57.0 Å². The van der Waals surface area contributed by atoms with Crippen molar-refractivity contribution >= 4 is 5.97 Å². The van der Waals surface area contributed by atoms with Crippen molar-refractivity contribution in [2.45, 2.75) is 47.1 Å². The van der Waals surface area contributed by atoms with Crippen molar-refractivity contribution in [1.82, 2.24) is 15.0 Å². The molecule has 0 saturated carbocycles. The lowest BCUT2D eigenvalue weighted by Gasteiger charge is -2.18. The summed E-state index contributed by atoms with van der Waals surface area (Å²) in [6, 6.07) is 0. The highest BCUT2D eigenvalue weighted by Crippen LogP contribution is 2.25.